The van der Waals surface area contributed by atoms with Gasteiger partial charge in [0.25, 0.3) is 0 Å². The first-order chi connectivity index (χ1) is 4.41. The van der Waals surface area contributed by atoms with Crippen LogP contribution in [0.15, 0.2) is 18.4 Å². The fraction of sp³-hybridized carbons (Fsp3) is 0.571. The van der Waals surface area contributed by atoms with E-state index in [9.17, 15) is 0 Å². The Balaban J connectivity index is 2.82. The van der Waals surface area contributed by atoms with Gasteiger partial charge in [0, 0.05) is 7.11 Å². The third-order valence-electron chi connectivity index (χ3n) is 0.752. The minimum absolute atomic E-state index is 0.366. The first-order valence-electron chi connectivity index (χ1n) is 2.82. The zero-order valence-electron chi connectivity index (χ0n) is 5.72. The minimum Gasteiger partial charge on any atom is -0.359 e. The highest BCUT2D eigenvalue weighted by Gasteiger charge is 1.80. The van der Waals surface area contributed by atoms with E-state index in [1.807, 2.05) is 6.08 Å². The average Bonchev–Trinajstić information content (AvgIpc) is 1.89. The van der Waals surface area contributed by atoms with E-state index >= 15 is 0 Å². The second kappa shape index (κ2) is 7.44. The zero-order valence-corrected chi connectivity index (χ0v) is 5.72. The maximum absolute atomic E-state index is 4.96. The van der Waals surface area contributed by atoms with E-state index in [-0.39, 0.29) is 0 Å². The van der Waals surface area contributed by atoms with Gasteiger partial charge in [0.1, 0.15) is 6.79 Å². The molecule has 0 aromatic rings. The summed E-state index contributed by atoms with van der Waals surface area (Å²) < 4.78 is 9.61. The second-order valence-corrected chi connectivity index (χ2v) is 1.51. The molecule has 0 bridgehead atoms. The summed E-state index contributed by atoms with van der Waals surface area (Å²) in [6, 6.07) is 0. The van der Waals surface area contributed by atoms with Crippen molar-refractivity contribution >= 4 is 0 Å². The number of hydrogen-bond acceptors (Lipinski definition) is 2. The fourth-order valence-electron chi connectivity index (χ4n) is 0.387. The van der Waals surface area contributed by atoms with E-state index in [1.54, 1.807) is 7.11 Å². The molecule has 0 N–H and O–H groups in total. The molecular formula is C7H12O2. The predicted molar refractivity (Wildman–Crippen MR) is 36.2 cm³/mol. The van der Waals surface area contributed by atoms with Crippen LogP contribution in [0.1, 0.15) is 6.42 Å². The molecule has 0 saturated heterocycles. The molecule has 0 rings (SSSR count). The Kier molecular flexibility index (Phi) is 6.98. The summed E-state index contributed by atoms with van der Waals surface area (Å²) in [5.74, 6) is 0. The Morgan fingerprint density at radius 2 is 2.44 bits per heavy atom. The van der Waals surface area contributed by atoms with Crippen LogP contribution in [0.5, 0.6) is 0 Å². The van der Waals surface area contributed by atoms with Crippen LogP contribution in [0.2, 0.25) is 0 Å². The van der Waals surface area contributed by atoms with Gasteiger partial charge in [0.05, 0.1) is 6.61 Å². The highest BCUT2D eigenvalue weighted by molar-refractivity contribution is 4.74. The standard InChI is InChI=1S/C7H12O2/c1-3-4-5-6-9-7-8-2/h4H,1,5-7H2,2H3. The summed E-state index contributed by atoms with van der Waals surface area (Å²) in [5, 5.41) is 0. The third kappa shape index (κ3) is 7.44. The zero-order chi connectivity index (χ0) is 6.95. The summed E-state index contributed by atoms with van der Waals surface area (Å²) in [6.07, 6.45) is 2.68. The lowest BCUT2D eigenvalue weighted by atomic mass is 10.4. The van der Waals surface area contributed by atoms with Gasteiger partial charge in [-0.3, -0.25) is 0 Å². The Morgan fingerprint density at radius 3 is 3.00 bits per heavy atom. The van der Waals surface area contributed by atoms with E-state index in [4.69, 9.17) is 4.74 Å². The summed E-state index contributed by atoms with van der Waals surface area (Å²) in [6.45, 7) is 4.45. The molecule has 2 heteroatoms. The van der Waals surface area contributed by atoms with Crippen molar-refractivity contribution in [1.82, 2.24) is 0 Å². The van der Waals surface area contributed by atoms with Crippen molar-refractivity contribution in [1.29, 1.82) is 0 Å². The van der Waals surface area contributed by atoms with Crippen molar-refractivity contribution in [3.63, 3.8) is 0 Å². The summed E-state index contributed by atoms with van der Waals surface area (Å²) in [7, 11) is 1.60. The maximum atomic E-state index is 4.96. The fourth-order valence-corrected chi connectivity index (χ4v) is 0.387. The molecule has 52 valence electrons. The monoisotopic (exact) mass is 128 g/mol. The molecule has 0 aliphatic heterocycles. The van der Waals surface area contributed by atoms with Crippen LogP contribution in [-0.4, -0.2) is 20.5 Å². The second-order valence-electron chi connectivity index (χ2n) is 1.51. The number of methoxy groups -OCH3 is 1. The van der Waals surface area contributed by atoms with Gasteiger partial charge in [-0.25, -0.2) is 0 Å². The first-order valence-corrected chi connectivity index (χ1v) is 2.82. The van der Waals surface area contributed by atoms with E-state index in [0.717, 1.165) is 6.42 Å². The molecule has 0 atom stereocenters. The summed E-state index contributed by atoms with van der Waals surface area (Å²) in [5.41, 5.74) is 2.65. The molecule has 0 saturated carbocycles. The van der Waals surface area contributed by atoms with Crippen LogP contribution in [0.4, 0.5) is 0 Å². The smallest absolute Gasteiger partial charge is 0.146 e. The predicted octanol–water partition coefficient (Wildman–Crippen LogP) is 1.34. The number of rotatable bonds is 5. The first kappa shape index (κ1) is 8.44. The van der Waals surface area contributed by atoms with Gasteiger partial charge >= 0.3 is 0 Å². The van der Waals surface area contributed by atoms with E-state index in [1.165, 1.54) is 0 Å². The molecular weight excluding hydrogens is 116 g/mol. The van der Waals surface area contributed by atoms with Crippen LogP contribution >= 0.6 is 0 Å². The van der Waals surface area contributed by atoms with Crippen molar-refractivity contribution < 1.29 is 9.47 Å². The Labute approximate surface area is 55.8 Å². The van der Waals surface area contributed by atoms with Crippen molar-refractivity contribution in [3.8, 4) is 0 Å². The van der Waals surface area contributed by atoms with Crippen molar-refractivity contribution in [2.24, 2.45) is 0 Å². The lowest BCUT2D eigenvalue weighted by Crippen LogP contribution is -1.96. The van der Waals surface area contributed by atoms with Crippen molar-refractivity contribution in [3.05, 3.63) is 18.4 Å². The largest absolute Gasteiger partial charge is 0.359 e. The van der Waals surface area contributed by atoms with Gasteiger partial charge < -0.3 is 9.47 Å². The summed E-state index contributed by atoms with van der Waals surface area (Å²) >= 11 is 0. The summed E-state index contributed by atoms with van der Waals surface area (Å²) in [4.78, 5) is 0. The van der Waals surface area contributed by atoms with Crippen molar-refractivity contribution in [2.75, 3.05) is 20.5 Å². The van der Waals surface area contributed by atoms with Gasteiger partial charge in [-0.05, 0) is 12.5 Å². The molecule has 9 heavy (non-hydrogen) atoms. The minimum atomic E-state index is 0.366. The van der Waals surface area contributed by atoms with Crippen LogP contribution < -0.4 is 0 Å². The quantitative estimate of drug-likeness (QED) is 0.316. The molecule has 2 nitrogen and oxygen atoms in total. The van der Waals surface area contributed by atoms with Gasteiger partial charge in [0.2, 0.25) is 0 Å². The van der Waals surface area contributed by atoms with E-state index < -0.39 is 0 Å². The number of hydrogen-bond donors (Lipinski definition) is 0. The normalized spacial score (nSPS) is 8.56. The van der Waals surface area contributed by atoms with Gasteiger partial charge in [-0.15, -0.1) is 5.73 Å². The third-order valence-corrected chi connectivity index (χ3v) is 0.752. The molecule has 0 aliphatic carbocycles. The molecule has 0 aromatic carbocycles. The SMILES string of the molecule is C=C=CCCOCOC. The molecule has 0 amide bonds. The molecule has 0 aliphatic rings. The van der Waals surface area contributed by atoms with E-state index in [0.29, 0.717) is 13.4 Å². The topological polar surface area (TPSA) is 18.5 Å². The molecule has 0 radical (unpaired) electrons. The lowest BCUT2D eigenvalue weighted by Gasteiger charge is -1.97. The Morgan fingerprint density at radius 1 is 1.67 bits per heavy atom. The molecule has 0 aromatic heterocycles. The molecule has 0 fully saturated rings. The molecule has 0 unspecified atom stereocenters. The Hall–Kier alpha value is -0.560. The van der Waals surface area contributed by atoms with Crippen LogP contribution in [0, 0.1) is 0 Å². The maximum Gasteiger partial charge on any atom is 0.146 e. The van der Waals surface area contributed by atoms with Crippen LogP contribution in [-0.2, 0) is 9.47 Å². The lowest BCUT2D eigenvalue weighted by molar-refractivity contribution is -0.0285. The Bertz CT molecular complexity index is 93.1. The molecule has 0 heterocycles. The molecule has 0 spiro atoms. The van der Waals surface area contributed by atoms with Gasteiger partial charge in [-0.1, -0.05) is 6.58 Å². The van der Waals surface area contributed by atoms with Gasteiger partial charge in [-0.2, -0.15) is 0 Å². The van der Waals surface area contributed by atoms with Crippen LogP contribution in [0.3, 0.4) is 0 Å². The highest BCUT2D eigenvalue weighted by Crippen LogP contribution is 1.82. The van der Waals surface area contributed by atoms with Crippen LogP contribution in [0.25, 0.3) is 0 Å². The number of ether oxygens (including phenoxy) is 2. The highest BCUT2D eigenvalue weighted by atomic mass is 16.7. The van der Waals surface area contributed by atoms with Gasteiger partial charge in [0.15, 0.2) is 0 Å². The van der Waals surface area contributed by atoms with E-state index in [2.05, 4.69) is 17.0 Å². The van der Waals surface area contributed by atoms with Crippen molar-refractivity contribution in [2.45, 2.75) is 6.42 Å². The average molecular weight is 128 g/mol.